The molecule has 1 nitrogen and oxygen atoms in total. The maximum atomic E-state index is 4.45. The first-order valence-corrected chi connectivity index (χ1v) is 7.03. The maximum Gasteiger partial charge on any atom is 0.0841 e. The van der Waals surface area contributed by atoms with Crippen LogP contribution in [0.1, 0.15) is 5.56 Å². The zero-order chi connectivity index (χ0) is 12.9. The molecule has 1 aromatic heterocycles. The maximum absolute atomic E-state index is 4.45. The molecule has 0 bridgehead atoms. The summed E-state index contributed by atoms with van der Waals surface area (Å²) >= 11 is 1.70. The smallest absolute Gasteiger partial charge is 0.0841 e. The molecule has 0 saturated heterocycles. The Labute approximate surface area is 117 Å². The van der Waals surface area contributed by atoms with Gasteiger partial charge < -0.3 is 0 Å². The number of benzene rings is 2. The molecule has 0 fully saturated rings. The lowest BCUT2D eigenvalue weighted by Crippen LogP contribution is -1.79. The normalized spacial score (nSPS) is 11.2. The van der Waals surface area contributed by atoms with Crippen LogP contribution in [0.25, 0.3) is 17.0 Å². The molecule has 3 rings (SSSR count). The van der Waals surface area contributed by atoms with Crippen molar-refractivity contribution in [2.24, 2.45) is 0 Å². The predicted octanol–water partition coefficient (Wildman–Crippen LogP) is 5.00. The summed E-state index contributed by atoms with van der Waals surface area (Å²) in [6, 6.07) is 20.6. The van der Waals surface area contributed by atoms with Crippen LogP contribution >= 0.6 is 11.8 Å². The molecule has 0 saturated carbocycles. The van der Waals surface area contributed by atoms with Crippen LogP contribution in [0, 0.1) is 0 Å². The van der Waals surface area contributed by atoms with Gasteiger partial charge in [0.2, 0.25) is 0 Å². The number of aromatic nitrogens is 1. The molecule has 0 aliphatic carbocycles. The topological polar surface area (TPSA) is 12.9 Å². The van der Waals surface area contributed by atoms with Crippen LogP contribution in [0.5, 0.6) is 0 Å². The average molecular weight is 263 g/mol. The number of nitrogens with zero attached hydrogens (tertiary/aromatic N) is 1. The van der Waals surface area contributed by atoms with Gasteiger partial charge in [0.05, 0.1) is 5.52 Å². The Morgan fingerprint density at radius 1 is 0.842 bits per heavy atom. The summed E-state index contributed by atoms with van der Waals surface area (Å²) in [5, 5.41) is 3.29. The van der Waals surface area contributed by atoms with Gasteiger partial charge in [-0.1, -0.05) is 60.3 Å². The molecule has 0 unspecified atom stereocenters. The van der Waals surface area contributed by atoms with E-state index in [0.717, 1.165) is 5.52 Å². The van der Waals surface area contributed by atoms with Gasteiger partial charge in [0, 0.05) is 16.5 Å². The quantitative estimate of drug-likeness (QED) is 0.617. The summed E-state index contributed by atoms with van der Waals surface area (Å²) in [5.74, 6) is 0. The number of para-hydroxylation sites is 1. The fraction of sp³-hybridized carbons (Fsp3) is 0. The van der Waals surface area contributed by atoms with Crippen molar-refractivity contribution in [3.8, 4) is 0 Å². The molecule has 3 aromatic rings. The van der Waals surface area contributed by atoms with E-state index in [0.29, 0.717) is 0 Å². The van der Waals surface area contributed by atoms with E-state index in [1.54, 1.807) is 11.8 Å². The van der Waals surface area contributed by atoms with Crippen molar-refractivity contribution in [1.29, 1.82) is 0 Å². The second-order valence-electron chi connectivity index (χ2n) is 4.16. The molecule has 0 aliphatic heterocycles. The number of fused-ring (bicyclic) bond motifs is 1. The first-order valence-electron chi connectivity index (χ1n) is 6.15. The highest BCUT2D eigenvalue weighted by Crippen LogP contribution is 2.27. The van der Waals surface area contributed by atoms with Gasteiger partial charge in [0.15, 0.2) is 0 Å². The summed E-state index contributed by atoms with van der Waals surface area (Å²) in [6.07, 6.45) is 3.96. The minimum Gasteiger partial charge on any atom is -0.255 e. The van der Waals surface area contributed by atoms with E-state index < -0.39 is 0 Å². The van der Waals surface area contributed by atoms with E-state index in [1.807, 2.05) is 30.5 Å². The van der Waals surface area contributed by atoms with Gasteiger partial charge in [-0.05, 0) is 29.2 Å². The van der Waals surface area contributed by atoms with Crippen molar-refractivity contribution in [2.45, 2.75) is 4.90 Å². The van der Waals surface area contributed by atoms with E-state index in [9.17, 15) is 0 Å². The number of rotatable bonds is 3. The molecule has 0 aliphatic rings. The third-order valence-electron chi connectivity index (χ3n) is 2.85. The number of hydrogen-bond acceptors (Lipinski definition) is 2. The Bertz CT molecular complexity index is 699. The van der Waals surface area contributed by atoms with Crippen molar-refractivity contribution >= 4 is 28.7 Å². The fourth-order valence-electron chi connectivity index (χ4n) is 1.92. The van der Waals surface area contributed by atoms with Gasteiger partial charge in [0.1, 0.15) is 0 Å². The Kier molecular flexibility index (Phi) is 3.61. The number of hydrogen-bond donors (Lipinski definition) is 0. The van der Waals surface area contributed by atoms with Crippen LogP contribution in [0.2, 0.25) is 0 Å². The SMILES string of the molecule is C(=C\c1ccccc1)/Sc1cccc2cccnc12. The highest BCUT2D eigenvalue weighted by Gasteiger charge is 1.99. The van der Waals surface area contributed by atoms with Crippen molar-refractivity contribution < 1.29 is 0 Å². The highest BCUT2D eigenvalue weighted by molar-refractivity contribution is 8.02. The van der Waals surface area contributed by atoms with Crippen LogP contribution in [-0.4, -0.2) is 4.98 Å². The third-order valence-corrected chi connectivity index (χ3v) is 3.71. The Hall–Kier alpha value is -2.06. The molecule has 19 heavy (non-hydrogen) atoms. The van der Waals surface area contributed by atoms with Gasteiger partial charge in [-0.3, -0.25) is 4.98 Å². The molecule has 92 valence electrons. The van der Waals surface area contributed by atoms with E-state index in [1.165, 1.54) is 15.8 Å². The van der Waals surface area contributed by atoms with Crippen LogP contribution in [0.4, 0.5) is 0 Å². The van der Waals surface area contributed by atoms with E-state index in [-0.39, 0.29) is 0 Å². The van der Waals surface area contributed by atoms with Gasteiger partial charge >= 0.3 is 0 Å². The fourth-order valence-corrected chi connectivity index (χ4v) is 2.73. The second kappa shape index (κ2) is 5.72. The Balaban J connectivity index is 1.84. The largest absolute Gasteiger partial charge is 0.255 e. The molecule has 0 spiro atoms. The van der Waals surface area contributed by atoms with Gasteiger partial charge in [-0.15, -0.1) is 0 Å². The number of pyridine rings is 1. The average Bonchev–Trinajstić information content (AvgIpc) is 2.49. The molecule has 2 heteroatoms. The summed E-state index contributed by atoms with van der Waals surface area (Å²) in [5.41, 5.74) is 2.27. The lowest BCUT2D eigenvalue weighted by atomic mass is 10.2. The Morgan fingerprint density at radius 2 is 1.68 bits per heavy atom. The van der Waals surface area contributed by atoms with Crippen molar-refractivity contribution in [1.82, 2.24) is 4.98 Å². The summed E-state index contributed by atoms with van der Waals surface area (Å²) in [4.78, 5) is 5.64. The summed E-state index contributed by atoms with van der Waals surface area (Å²) in [7, 11) is 0. The molecule has 0 radical (unpaired) electrons. The van der Waals surface area contributed by atoms with E-state index in [4.69, 9.17) is 0 Å². The molecule has 0 atom stereocenters. The van der Waals surface area contributed by atoms with Crippen molar-refractivity contribution in [2.75, 3.05) is 0 Å². The minimum atomic E-state index is 1.06. The molecule has 1 heterocycles. The molecule has 0 amide bonds. The minimum absolute atomic E-state index is 1.06. The zero-order valence-corrected chi connectivity index (χ0v) is 11.2. The van der Waals surface area contributed by atoms with Crippen molar-refractivity contribution in [3.05, 3.63) is 77.8 Å². The van der Waals surface area contributed by atoms with Gasteiger partial charge in [-0.25, -0.2) is 0 Å². The lowest BCUT2D eigenvalue weighted by Gasteiger charge is -2.01. The number of thioether (sulfide) groups is 1. The first-order chi connectivity index (χ1) is 9.43. The Morgan fingerprint density at radius 3 is 2.58 bits per heavy atom. The summed E-state index contributed by atoms with van der Waals surface area (Å²) < 4.78 is 0. The third kappa shape index (κ3) is 2.85. The van der Waals surface area contributed by atoms with Gasteiger partial charge in [-0.2, -0.15) is 0 Å². The first kappa shape index (κ1) is 12.0. The standard InChI is InChI=1S/C17H13NS/c1-2-6-14(7-3-1)11-13-19-16-10-4-8-15-9-5-12-18-17(15)16/h1-13H/b13-11+. The van der Waals surface area contributed by atoms with E-state index >= 15 is 0 Å². The lowest BCUT2D eigenvalue weighted by molar-refractivity contribution is 1.35. The van der Waals surface area contributed by atoms with Crippen LogP contribution in [0.3, 0.4) is 0 Å². The van der Waals surface area contributed by atoms with Crippen LogP contribution < -0.4 is 0 Å². The molecular weight excluding hydrogens is 250 g/mol. The molecule has 0 N–H and O–H groups in total. The van der Waals surface area contributed by atoms with Gasteiger partial charge in [0.25, 0.3) is 0 Å². The van der Waals surface area contributed by atoms with Crippen LogP contribution in [0.15, 0.2) is 77.2 Å². The second-order valence-corrected chi connectivity index (χ2v) is 5.11. The highest BCUT2D eigenvalue weighted by atomic mass is 32.2. The molecular formula is C17H13NS. The van der Waals surface area contributed by atoms with Crippen molar-refractivity contribution in [3.63, 3.8) is 0 Å². The van der Waals surface area contributed by atoms with Crippen LogP contribution in [-0.2, 0) is 0 Å². The van der Waals surface area contributed by atoms with E-state index in [2.05, 4.69) is 52.9 Å². The predicted molar refractivity (Wildman–Crippen MR) is 83.1 cm³/mol. The zero-order valence-electron chi connectivity index (χ0n) is 10.4. The monoisotopic (exact) mass is 263 g/mol. The summed E-state index contributed by atoms with van der Waals surface area (Å²) in [6.45, 7) is 0. The molecule has 2 aromatic carbocycles.